The number of para-hydroxylation sites is 1. The first-order chi connectivity index (χ1) is 15.1. The lowest BCUT2D eigenvalue weighted by molar-refractivity contribution is 0.183. The molecular weight excluding hydrogens is 388 g/mol. The zero-order valence-corrected chi connectivity index (χ0v) is 18.5. The zero-order valence-electron chi connectivity index (χ0n) is 18.5. The van der Waals surface area contributed by atoms with Crippen molar-refractivity contribution in [3.63, 3.8) is 0 Å². The smallest absolute Gasteiger partial charge is 0.328 e. The van der Waals surface area contributed by atoms with Gasteiger partial charge < -0.3 is 9.64 Å². The van der Waals surface area contributed by atoms with Crippen LogP contribution in [0.15, 0.2) is 65.8 Å². The molecule has 1 heterocycles. The first kappa shape index (κ1) is 22.6. The molecule has 2 amide bonds. The number of hydrogen-bond acceptors (Lipinski definition) is 4. The van der Waals surface area contributed by atoms with Crippen molar-refractivity contribution in [2.24, 2.45) is 4.99 Å². The lowest BCUT2D eigenvalue weighted by atomic mass is 10.1. The van der Waals surface area contributed by atoms with Crippen LogP contribution >= 0.6 is 0 Å². The maximum absolute atomic E-state index is 12.8. The van der Waals surface area contributed by atoms with Crippen LogP contribution in [0.1, 0.15) is 24.8 Å². The molecule has 0 radical (unpaired) electrons. The number of benzene rings is 2. The molecule has 0 aliphatic carbocycles. The van der Waals surface area contributed by atoms with Gasteiger partial charge in [-0.2, -0.15) is 0 Å². The number of carbonyl (C=O) groups is 1. The van der Waals surface area contributed by atoms with Crippen LogP contribution in [-0.4, -0.2) is 62.9 Å². The van der Waals surface area contributed by atoms with Gasteiger partial charge in [-0.25, -0.2) is 4.79 Å². The molecule has 0 atom stereocenters. The summed E-state index contributed by atoms with van der Waals surface area (Å²) in [6.45, 7) is 7.66. The van der Waals surface area contributed by atoms with Gasteiger partial charge in [-0.05, 0) is 69.0 Å². The first-order valence-corrected chi connectivity index (χ1v) is 10.8. The number of aliphatic imine (C=N–C) groups is 1. The SMILES string of the molecule is C=N/C(=C\N(C)C(=O)N(C)c1ccccc1)c1ccc(OCCN2CCCCC2)cc1. The first-order valence-electron chi connectivity index (χ1n) is 10.8. The van der Waals surface area contributed by atoms with Crippen molar-refractivity contribution >= 4 is 24.1 Å². The Morgan fingerprint density at radius 1 is 1.06 bits per heavy atom. The Labute approximate surface area is 185 Å². The van der Waals surface area contributed by atoms with Crippen molar-refractivity contribution in [2.45, 2.75) is 19.3 Å². The number of amides is 2. The van der Waals surface area contributed by atoms with Gasteiger partial charge in [-0.15, -0.1) is 0 Å². The molecule has 1 saturated heterocycles. The highest BCUT2D eigenvalue weighted by molar-refractivity contribution is 5.92. The Balaban J connectivity index is 1.58. The van der Waals surface area contributed by atoms with E-state index in [-0.39, 0.29) is 6.03 Å². The van der Waals surface area contributed by atoms with E-state index in [1.165, 1.54) is 37.3 Å². The highest BCUT2D eigenvalue weighted by Gasteiger charge is 2.15. The molecule has 0 bridgehead atoms. The van der Waals surface area contributed by atoms with Crippen molar-refractivity contribution in [1.82, 2.24) is 9.80 Å². The number of likely N-dealkylation sites (tertiary alicyclic amines) is 1. The Hall–Kier alpha value is -3.12. The van der Waals surface area contributed by atoms with Crippen LogP contribution in [0.25, 0.3) is 5.70 Å². The van der Waals surface area contributed by atoms with Crippen LogP contribution in [0.3, 0.4) is 0 Å². The van der Waals surface area contributed by atoms with E-state index in [0.717, 1.165) is 23.5 Å². The molecule has 0 spiro atoms. The molecule has 1 fully saturated rings. The van der Waals surface area contributed by atoms with Crippen LogP contribution in [0.2, 0.25) is 0 Å². The largest absolute Gasteiger partial charge is 0.492 e. The van der Waals surface area contributed by atoms with Crippen LogP contribution in [0, 0.1) is 0 Å². The highest BCUT2D eigenvalue weighted by Crippen LogP contribution is 2.21. The third-order valence-electron chi connectivity index (χ3n) is 5.49. The molecule has 3 rings (SSSR count). The molecule has 6 heteroatoms. The third kappa shape index (κ3) is 6.43. The summed E-state index contributed by atoms with van der Waals surface area (Å²) in [6.07, 6.45) is 5.61. The summed E-state index contributed by atoms with van der Waals surface area (Å²) in [5.74, 6) is 0.831. The number of nitrogens with zero attached hydrogens (tertiary/aromatic N) is 4. The van der Waals surface area contributed by atoms with Gasteiger partial charge in [0.15, 0.2) is 0 Å². The second-order valence-corrected chi connectivity index (χ2v) is 7.74. The molecule has 31 heavy (non-hydrogen) atoms. The summed E-state index contributed by atoms with van der Waals surface area (Å²) in [7, 11) is 3.46. The highest BCUT2D eigenvalue weighted by atomic mass is 16.5. The average molecular weight is 421 g/mol. The number of hydrogen-bond donors (Lipinski definition) is 0. The Morgan fingerprint density at radius 3 is 2.39 bits per heavy atom. The maximum Gasteiger partial charge on any atom is 0.328 e. The number of rotatable bonds is 8. The molecule has 2 aromatic rings. The van der Waals surface area contributed by atoms with Crippen molar-refractivity contribution in [3.8, 4) is 5.75 Å². The van der Waals surface area contributed by atoms with E-state index in [9.17, 15) is 4.79 Å². The van der Waals surface area contributed by atoms with Gasteiger partial charge in [-0.3, -0.25) is 14.8 Å². The van der Waals surface area contributed by atoms with Crippen LogP contribution < -0.4 is 9.64 Å². The van der Waals surface area contributed by atoms with E-state index in [0.29, 0.717) is 12.3 Å². The molecule has 2 aromatic carbocycles. The van der Waals surface area contributed by atoms with Crippen molar-refractivity contribution < 1.29 is 9.53 Å². The Bertz CT molecular complexity index is 874. The molecule has 0 saturated carbocycles. The molecule has 1 aliphatic rings. The molecule has 0 N–H and O–H groups in total. The van der Waals surface area contributed by atoms with Gasteiger partial charge in [0.2, 0.25) is 0 Å². The number of urea groups is 1. The summed E-state index contributed by atoms with van der Waals surface area (Å²) in [5, 5.41) is 0. The number of carbonyl (C=O) groups excluding carboxylic acids is 1. The van der Waals surface area contributed by atoms with Gasteiger partial charge in [0.25, 0.3) is 0 Å². The van der Waals surface area contributed by atoms with Crippen LogP contribution in [0.4, 0.5) is 10.5 Å². The summed E-state index contributed by atoms with van der Waals surface area (Å²) in [4.78, 5) is 22.4. The van der Waals surface area contributed by atoms with E-state index in [4.69, 9.17) is 4.74 Å². The lowest BCUT2D eigenvalue weighted by Crippen LogP contribution is -2.35. The second-order valence-electron chi connectivity index (χ2n) is 7.74. The van der Waals surface area contributed by atoms with E-state index >= 15 is 0 Å². The van der Waals surface area contributed by atoms with Crippen molar-refractivity contribution in [1.29, 1.82) is 0 Å². The fourth-order valence-electron chi connectivity index (χ4n) is 3.64. The average Bonchev–Trinajstić information content (AvgIpc) is 2.83. The van der Waals surface area contributed by atoms with Crippen LogP contribution in [0.5, 0.6) is 5.75 Å². The van der Waals surface area contributed by atoms with Gasteiger partial charge in [0.05, 0.1) is 5.70 Å². The van der Waals surface area contributed by atoms with Gasteiger partial charge in [0, 0.05) is 38.1 Å². The summed E-state index contributed by atoms with van der Waals surface area (Å²) < 4.78 is 5.90. The minimum Gasteiger partial charge on any atom is -0.492 e. The number of anilines is 1. The molecule has 0 aromatic heterocycles. The second kappa shape index (κ2) is 11.3. The summed E-state index contributed by atoms with van der Waals surface area (Å²) in [6, 6.07) is 17.1. The quantitative estimate of drug-likeness (QED) is 0.580. The van der Waals surface area contributed by atoms with Gasteiger partial charge >= 0.3 is 6.03 Å². The van der Waals surface area contributed by atoms with E-state index < -0.39 is 0 Å². The molecule has 6 nitrogen and oxygen atoms in total. The van der Waals surface area contributed by atoms with E-state index in [1.54, 1.807) is 25.2 Å². The fourth-order valence-corrected chi connectivity index (χ4v) is 3.64. The normalized spacial score (nSPS) is 14.7. The van der Waals surface area contributed by atoms with Gasteiger partial charge in [-0.1, -0.05) is 24.6 Å². The molecular formula is C25H32N4O2. The minimum atomic E-state index is -0.162. The minimum absolute atomic E-state index is 0.162. The predicted molar refractivity (Wildman–Crippen MR) is 128 cm³/mol. The molecule has 164 valence electrons. The molecule has 0 unspecified atom stereocenters. The Morgan fingerprint density at radius 2 is 1.74 bits per heavy atom. The van der Waals surface area contributed by atoms with Crippen molar-refractivity contribution in [3.05, 3.63) is 66.4 Å². The third-order valence-corrected chi connectivity index (χ3v) is 5.49. The van der Waals surface area contributed by atoms with Crippen LogP contribution in [-0.2, 0) is 0 Å². The predicted octanol–water partition coefficient (Wildman–Crippen LogP) is 4.74. The maximum atomic E-state index is 12.8. The van der Waals surface area contributed by atoms with E-state index in [1.807, 2.05) is 54.6 Å². The number of ether oxygens (including phenoxy) is 1. The molecule has 1 aliphatic heterocycles. The monoisotopic (exact) mass is 420 g/mol. The number of piperidine rings is 1. The van der Waals surface area contributed by atoms with Gasteiger partial charge in [0.1, 0.15) is 12.4 Å². The fraction of sp³-hybridized carbons (Fsp3) is 0.360. The summed E-state index contributed by atoms with van der Waals surface area (Å²) >= 11 is 0. The summed E-state index contributed by atoms with van der Waals surface area (Å²) in [5.41, 5.74) is 2.32. The standard InChI is InChI=1S/C25H32N4O2/c1-26-24(20-27(2)25(30)28(3)22-10-6-4-7-11-22)21-12-14-23(15-13-21)31-19-18-29-16-8-5-9-17-29/h4,6-7,10-15,20H,1,5,8-9,16-19H2,2-3H3/b24-20-. The van der Waals surface area contributed by atoms with E-state index in [2.05, 4.69) is 16.6 Å². The zero-order chi connectivity index (χ0) is 22.1. The van der Waals surface area contributed by atoms with Crippen molar-refractivity contribution in [2.75, 3.05) is 45.2 Å². The Kier molecular flexibility index (Phi) is 8.24. The topological polar surface area (TPSA) is 48.4 Å². The lowest BCUT2D eigenvalue weighted by Gasteiger charge is -2.26.